The Morgan fingerprint density at radius 1 is 1.53 bits per heavy atom. The van der Waals surface area contributed by atoms with Gasteiger partial charge in [0.15, 0.2) is 0 Å². The summed E-state index contributed by atoms with van der Waals surface area (Å²) < 4.78 is 13.2. The van der Waals surface area contributed by atoms with Crippen molar-refractivity contribution in [1.82, 2.24) is 0 Å². The molecule has 0 saturated carbocycles. The predicted molar refractivity (Wildman–Crippen MR) is 58.7 cm³/mol. The summed E-state index contributed by atoms with van der Waals surface area (Å²) in [5.74, 6) is -0.811. The minimum atomic E-state index is -0.542. The number of carbonyl (C=O) groups is 1. The number of hydrogen-bond donors (Lipinski definition) is 1. The van der Waals surface area contributed by atoms with Crippen LogP contribution in [0.2, 0.25) is 0 Å². The number of hydrogen-bond acceptors (Lipinski definition) is 3. The normalized spacial score (nSPS) is 19.5. The van der Waals surface area contributed by atoms with Crippen LogP contribution in [0.15, 0.2) is 18.2 Å². The van der Waals surface area contributed by atoms with Gasteiger partial charge in [0.1, 0.15) is 5.82 Å². The van der Waals surface area contributed by atoms with Crippen molar-refractivity contribution in [1.29, 1.82) is 5.26 Å². The third-order valence-electron chi connectivity index (χ3n) is 2.79. The molecule has 1 aliphatic heterocycles. The van der Waals surface area contributed by atoms with Crippen molar-refractivity contribution in [2.45, 2.75) is 6.42 Å². The zero-order valence-electron chi connectivity index (χ0n) is 9.06. The van der Waals surface area contributed by atoms with Crippen LogP contribution in [-0.2, 0) is 4.79 Å². The van der Waals surface area contributed by atoms with Crippen LogP contribution in [0.1, 0.15) is 12.0 Å². The monoisotopic (exact) mass is 234 g/mol. The minimum absolute atomic E-state index is 0.0668. The average Bonchev–Trinajstić information content (AvgIpc) is 2.69. The van der Waals surface area contributed by atoms with E-state index < -0.39 is 5.82 Å². The molecule has 0 aromatic heterocycles. The highest BCUT2D eigenvalue weighted by atomic mass is 19.1. The molecule has 2 rings (SSSR count). The number of amides is 1. The average molecular weight is 234 g/mol. The highest BCUT2D eigenvalue weighted by Crippen LogP contribution is 2.26. The van der Waals surface area contributed by atoms with Crippen LogP contribution in [-0.4, -0.2) is 24.2 Å². The molecule has 1 aromatic carbocycles. The Kier molecular flexibility index (Phi) is 3.07. The van der Waals surface area contributed by atoms with E-state index in [4.69, 9.17) is 10.4 Å². The quantitative estimate of drug-likeness (QED) is 0.831. The molecule has 1 atom stereocenters. The van der Waals surface area contributed by atoms with Crippen LogP contribution < -0.4 is 4.90 Å². The van der Waals surface area contributed by atoms with Gasteiger partial charge in [0, 0.05) is 31.2 Å². The van der Waals surface area contributed by atoms with Crippen molar-refractivity contribution in [3.63, 3.8) is 0 Å². The van der Waals surface area contributed by atoms with Crippen molar-refractivity contribution in [3.8, 4) is 6.07 Å². The van der Waals surface area contributed by atoms with Gasteiger partial charge in [0.05, 0.1) is 11.6 Å². The smallest absolute Gasteiger partial charge is 0.227 e. The largest absolute Gasteiger partial charge is 0.396 e. The fourth-order valence-electron chi connectivity index (χ4n) is 1.95. The Hall–Kier alpha value is -1.93. The van der Waals surface area contributed by atoms with Gasteiger partial charge in [-0.15, -0.1) is 0 Å². The standard InChI is InChI=1S/C12H11FN2O2/c13-10-1-8(5-14)2-11(4-10)15-6-9(7-16)3-12(15)17/h1-2,4,9,16H,3,6-7H2. The second-order valence-corrected chi connectivity index (χ2v) is 4.07. The number of benzene rings is 1. The number of aliphatic hydroxyl groups excluding tert-OH is 1. The highest BCUT2D eigenvalue weighted by Gasteiger charge is 2.30. The first-order valence-corrected chi connectivity index (χ1v) is 5.26. The van der Waals surface area contributed by atoms with Gasteiger partial charge >= 0.3 is 0 Å². The third kappa shape index (κ3) is 2.27. The van der Waals surface area contributed by atoms with Gasteiger partial charge in [0.25, 0.3) is 0 Å². The van der Waals surface area contributed by atoms with E-state index in [1.165, 1.54) is 17.0 Å². The van der Waals surface area contributed by atoms with Gasteiger partial charge in [0.2, 0.25) is 5.91 Å². The number of halogens is 1. The first-order valence-electron chi connectivity index (χ1n) is 5.26. The van der Waals surface area contributed by atoms with E-state index in [1.807, 2.05) is 6.07 Å². The maximum absolute atomic E-state index is 13.2. The second-order valence-electron chi connectivity index (χ2n) is 4.07. The Labute approximate surface area is 97.9 Å². The van der Waals surface area contributed by atoms with Crippen LogP contribution in [0.4, 0.5) is 10.1 Å². The van der Waals surface area contributed by atoms with E-state index in [2.05, 4.69) is 0 Å². The second kappa shape index (κ2) is 4.52. The number of nitrogens with zero attached hydrogens (tertiary/aromatic N) is 2. The zero-order valence-corrected chi connectivity index (χ0v) is 9.06. The molecular formula is C12H11FN2O2. The van der Waals surface area contributed by atoms with Crippen LogP contribution in [0.5, 0.6) is 0 Å². The van der Waals surface area contributed by atoms with Crippen LogP contribution in [0, 0.1) is 23.1 Å². The van der Waals surface area contributed by atoms with Crippen molar-refractivity contribution in [3.05, 3.63) is 29.6 Å². The number of rotatable bonds is 2. The molecule has 0 radical (unpaired) electrons. The van der Waals surface area contributed by atoms with Gasteiger partial charge in [-0.05, 0) is 18.2 Å². The molecule has 0 bridgehead atoms. The maximum atomic E-state index is 13.2. The lowest BCUT2D eigenvalue weighted by molar-refractivity contribution is -0.117. The lowest BCUT2D eigenvalue weighted by atomic mass is 10.1. The molecule has 1 unspecified atom stereocenters. The zero-order chi connectivity index (χ0) is 12.4. The summed E-state index contributed by atoms with van der Waals surface area (Å²) in [6.45, 7) is 0.298. The van der Waals surface area contributed by atoms with Crippen LogP contribution in [0.3, 0.4) is 0 Å². The Balaban J connectivity index is 2.32. The van der Waals surface area contributed by atoms with Crippen molar-refractivity contribution < 1.29 is 14.3 Å². The van der Waals surface area contributed by atoms with Crippen LogP contribution in [0.25, 0.3) is 0 Å². The molecule has 17 heavy (non-hydrogen) atoms. The van der Waals surface area contributed by atoms with E-state index in [-0.39, 0.29) is 30.4 Å². The summed E-state index contributed by atoms with van der Waals surface area (Å²) in [5.41, 5.74) is 0.558. The van der Waals surface area contributed by atoms with Crippen molar-refractivity contribution in [2.24, 2.45) is 5.92 Å². The Bertz CT molecular complexity index is 496. The molecule has 1 aliphatic rings. The lowest BCUT2D eigenvalue weighted by Gasteiger charge is -2.16. The first kappa shape index (κ1) is 11.6. The molecule has 5 heteroatoms. The van der Waals surface area contributed by atoms with Gasteiger partial charge in [-0.1, -0.05) is 0 Å². The molecule has 1 heterocycles. The fourth-order valence-corrected chi connectivity index (χ4v) is 1.95. The molecule has 1 amide bonds. The van der Waals surface area contributed by atoms with Crippen molar-refractivity contribution in [2.75, 3.05) is 18.1 Å². The topological polar surface area (TPSA) is 64.3 Å². The third-order valence-corrected chi connectivity index (χ3v) is 2.79. The Morgan fingerprint density at radius 2 is 2.29 bits per heavy atom. The summed E-state index contributed by atoms with van der Waals surface area (Å²) in [7, 11) is 0. The molecule has 4 nitrogen and oxygen atoms in total. The van der Waals surface area contributed by atoms with Gasteiger partial charge in [-0.3, -0.25) is 4.79 Å². The summed E-state index contributed by atoms with van der Waals surface area (Å²) in [4.78, 5) is 13.1. The highest BCUT2D eigenvalue weighted by molar-refractivity contribution is 5.95. The molecule has 0 aliphatic carbocycles. The van der Waals surface area contributed by atoms with E-state index in [1.54, 1.807) is 0 Å². The number of nitriles is 1. The van der Waals surface area contributed by atoms with Gasteiger partial charge in [-0.2, -0.15) is 5.26 Å². The molecule has 88 valence electrons. The Morgan fingerprint density at radius 3 is 2.88 bits per heavy atom. The van der Waals surface area contributed by atoms with E-state index in [0.717, 1.165) is 6.07 Å². The van der Waals surface area contributed by atoms with Crippen LogP contribution >= 0.6 is 0 Å². The number of anilines is 1. The molecule has 1 fully saturated rings. The predicted octanol–water partition coefficient (Wildman–Crippen LogP) is 1.04. The van der Waals surface area contributed by atoms with Gasteiger partial charge < -0.3 is 10.0 Å². The molecule has 1 N–H and O–H groups in total. The molecule has 1 aromatic rings. The summed E-state index contributed by atoms with van der Waals surface area (Å²) in [6.07, 6.45) is 0.259. The fraction of sp³-hybridized carbons (Fsp3) is 0.333. The maximum Gasteiger partial charge on any atom is 0.227 e. The van der Waals surface area contributed by atoms with E-state index in [0.29, 0.717) is 12.2 Å². The summed E-state index contributed by atoms with van der Waals surface area (Å²) in [6, 6.07) is 5.66. The van der Waals surface area contributed by atoms with Crippen molar-refractivity contribution >= 4 is 11.6 Å². The van der Waals surface area contributed by atoms with E-state index in [9.17, 15) is 9.18 Å². The van der Waals surface area contributed by atoms with Gasteiger partial charge in [-0.25, -0.2) is 4.39 Å². The minimum Gasteiger partial charge on any atom is -0.396 e. The first-order chi connectivity index (χ1) is 8.13. The summed E-state index contributed by atoms with van der Waals surface area (Å²) in [5, 5.41) is 17.7. The molecular weight excluding hydrogens is 223 g/mol. The SMILES string of the molecule is N#Cc1cc(F)cc(N2CC(CO)CC2=O)c1. The number of carbonyl (C=O) groups excluding carboxylic acids is 1. The summed E-state index contributed by atoms with van der Waals surface area (Å²) >= 11 is 0. The van der Waals surface area contributed by atoms with E-state index >= 15 is 0 Å². The molecule has 1 saturated heterocycles. The lowest BCUT2D eigenvalue weighted by Crippen LogP contribution is -2.25. The molecule has 0 spiro atoms. The number of aliphatic hydroxyl groups is 1.